The van der Waals surface area contributed by atoms with E-state index in [4.69, 9.17) is 4.74 Å². The average Bonchev–Trinajstić information content (AvgIpc) is 2.52. The van der Waals surface area contributed by atoms with E-state index in [1.54, 1.807) is 4.90 Å². The molecule has 1 aliphatic rings. The number of rotatable bonds is 3. The van der Waals surface area contributed by atoms with Crippen LogP contribution in [0.5, 0.6) is 0 Å². The van der Waals surface area contributed by atoms with Crippen LogP contribution in [0.15, 0.2) is 12.1 Å². The molecule has 134 valence electrons. The maximum absolute atomic E-state index is 12.1. The summed E-state index contributed by atoms with van der Waals surface area (Å²) in [5.41, 5.74) is 1.27. The van der Waals surface area contributed by atoms with Crippen molar-refractivity contribution in [1.82, 2.24) is 9.88 Å². The Morgan fingerprint density at radius 3 is 2.42 bits per heavy atom. The van der Waals surface area contributed by atoms with Gasteiger partial charge in [-0.1, -0.05) is 13.0 Å². The highest BCUT2D eigenvalue weighted by atomic mass is 16.6. The molecule has 0 spiro atoms. The van der Waals surface area contributed by atoms with Gasteiger partial charge >= 0.3 is 6.09 Å². The van der Waals surface area contributed by atoms with Crippen molar-refractivity contribution in [3.05, 3.63) is 23.4 Å². The largest absolute Gasteiger partial charge is 0.444 e. The average molecular weight is 335 g/mol. The lowest BCUT2D eigenvalue weighted by Gasteiger charge is -2.36. The van der Waals surface area contributed by atoms with Crippen molar-refractivity contribution >= 4 is 11.9 Å². The number of aryl methyl sites for hydroxylation is 1. The molecule has 1 aliphatic heterocycles. The lowest BCUT2D eigenvalue weighted by molar-refractivity contribution is 0.0240. The Hall–Kier alpha value is -1.82. The molecular weight excluding hydrogens is 306 g/mol. The molecule has 0 aliphatic carbocycles. The zero-order valence-electron chi connectivity index (χ0n) is 15.4. The summed E-state index contributed by atoms with van der Waals surface area (Å²) in [7, 11) is 0. The first-order valence-electron chi connectivity index (χ1n) is 8.59. The van der Waals surface area contributed by atoms with Crippen molar-refractivity contribution in [2.24, 2.45) is 0 Å². The first-order chi connectivity index (χ1) is 11.2. The number of piperazine rings is 1. The van der Waals surface area contributed by atoms with Crippen molar-refractivity contribution in [3.8, 4) is 0 Å². The smallest absolute Gasteiger partial charge is 0.410 e. The highest BCUT2D eigenvalue weighted by Gasteiger charge is 2.26. The number of hydrogen-bond donors (Lipinski definition) is 1. The van der Waals surface area contributed by atoms with E-state index in [0.717, 1.165) is 30.2 Å². The molecule has 1 fully saturated rings. The van der Waals surface area contributed by atoms with Crippen LogP contribution in [-0.2, 0) is 4.74 Å². The van der Waals surface area contributed by atoms with Crippen molar-refractivity contribution in [1.29, 1.82) is 0 Å². The minimum absolute atomic E-state index is 0.257. The normalized spacial score (nSPS) is 16.9. The number of aliphatic hydroxyl groups is 1. The van der Waals surface area contributed by atoms with Crippen LogP contribution in [0.4, 0.5) is 10.6 Å². The molecule has 6 heteroatoms. The standard InChI is InChI=1S/C18H29N3O3/c1-6-15(22)14-7-8-16(19-13(14)2)20-9-11-21(12-10-20)17(23)24-18(3,4)5/h7-8,15,22H,6,9-12H2,1-5H3/t15-/m0/s1. The molecule has 1 aromatic heterocycles. The summed E-state index contributed by atoms with van der Waals surface area (Å²) in [6.45, 7) is 12.2. The van der Waals surface area contributed by atoms with Gasteiger partial charge in [-0.2, -0.15) is 0 Å². The number of hydrogen-bond acceptors (Lipinski definition) is 5. The number of carbonyl (C=O) groups excluding carboxylic acids is 1. The van der Waals surface area contributed by atoms with Gasteiger partial charge in [0.2, 0.25) is 0 Å². The second-order valence-electron chi connectivity index (χ2n) is 7.22. The summed E-state index contributed by atoms with van der Waals surface area (Å²) >= 11 is 0. The van der Waals surface area contributed by atoms with Gasteiger partial charge in [-0.15, -0.1) is 0 Å². The van der Waals surface area contributed by atoms with Gasteiger partial charge in [-0.05, 0) is 40.2 Å². The predicted octanol–water partition coefficient (Wildman–Crippen LogP) is 2.89. The number of amides is 1. The molecule has 24 heavy (non-hydrogen) atoms. The quantitative estimate of drug-likeness (QED) is 0.920. The van der Waals surface area contributed by atoms with Crippen molar-refractivity contribution in [3.63, 3.8) is 0 Å². The fourth-order valence-corrected chi connectivity index (χ4v) is 2.75. The third-order valence-electron chi connectivity index (χ3n) is 4.11. The molecule has 0 saturated carbocycles. The van der Waals surface area contributed by atoms with E-state index in [9.17, 15) is 9.90 Å². The lowest BCUT2D eigenvalue weighted by atomic mass is 10.1. The van der Waals surface area contributed by atoms with E-state index < -0.39 is 11.7 Å². The second-order valence-corrected chi connectivity index (χ2v) is 7.22. The van der Waals surface area contributed by atoms with Crippen LogP contribution in [-0.4, -0.2) is 52.9 Å². The third-order valence-corrected chi connectivity index (χ3v) is 4.11. The Kier molecular flexibility index (Phi) is 5.70. The van der Waals surface area contributed by atoms with Gasteiger partial charge in [-0.25, -0.2) is 9.78 Å². The Morgan fingerprint density at radius 2 is 1.92 bits per heavy atom. The van der Waals surface area contributed by atoms with E-state index in [1.165, 1.54) is 0 Å². The molecule has 1 N–H and O–H groups in total. The van der Waals surface area contributed by atoms with Gasteiger partial charge in [0.15, 0.2) is 0 Å². The fourth-order valence-electron chi connectivity index (χ4n) is 2.75. The van der Waals surface area contributed by atoms with E-state index in [0.29, 0.717) is 19.5 Å². The third kappa shape index (κ3) is 4.60. The molecule has 6 nitrogen and oxygen atoms in total. The Morgan fingerprint density at radius 1 is 1.29 bits per heavy atom. The molecule has 0 bridgehead atoms. The first-order valence-corrected chi connectivity index (χ1v) is 8.59. The predicted molar refractivity (Wildman–Crippen MR) is 94.2 cm³/mol. The molecule has 2 rings (SSSR count). The summed E-state index contributed by atoms with van der Waals surface area (Å²) in [5, 5.41) is 9.99. The number of aliphatic hydroxyl groups excluding tert-OH is 1. The zero-order valence-corrected chi connectivity index (χ0v) is 15.4. The Bertz CT molecular complexity index is 575. The summed E-state index contributed by atoms with van der Waals surface area (Å²) < 4.78 is 5.42. The van der Waals surface area contributed by atoms with Crippen LogP contribution < -0.4 is 4.90 Å². The summed E-state index contributed by atoms with van der Waals surface area (Å²) in [5.74, 6) is 0.892. The minimum Gasteiger partial charge on any atom is -0.444 e. The van der Waals surface area contributed by atoms with Crippen molar-refractivity contribution < 1.29 is 14.6 Å². The molecule has 0 aromatic carbocycles. The molecule has 1 saturated heterocycles. The van der Waals surface area contributed by atoms with Crippen LogP contribution in [0.1, 0.15) is 51.5 Å². The van der Waals surface area contributed by atoms with Crippen LogP contribution in [0.3, 0.4) is 0 Å². The van der Waals surface area contributed by atoms with Crippen molar-refractivity contribution in [2.45, 2.75) is 52.7 Å². The fraction of sp³-hybridized carbons (Fsp3) is 0.667. The second kappa shape index (κ2) is 7.38. The summed E-state index contributed by atoms with van der Waals surface area (Å²) in [6, 6.07) is 3.90. The highest BCUT2D eigenvalue weighted by Crippen LogP contribution is 2.23. The maximum Gasteiger partial charge on any atom is 0.410 e. The number of nitrogens with zero attached hydrogens (tertiary/aromatic N) is 3. The molecular formula is C18H29N3O3. The zero-order chi connectivity index (χ0) is 17.9. The van der Waals surface area contributed by atoms with Gasteiger partial charge in [-0.3, -0.25) is 0 Å². The topological polar surface area (TPSA) is 65.9 Å². The van der Waals surface area contributed by atoms with E-state index in [1.807, 2.05) is 46.8 Å². The van der Waals surface area contributed by atoms with E-state index in [2.05, 4.69) is 9.88 Å². The summed E-state index contributed by atoms with van der Waals surface area (Å²) in [4.78, 5) is 20.6. The number of carbonyl (C=O) groups is 1. The molecule has 1 aromatic rings. The van der Waals surface area contributed by atoms with Crippen LogP contribution in [0.25, 0.3) is 0 Å². The molecule has 0 radical (unpaired) electrons. The number of pyridine rings is 1. The maximum atomic E-state index is 12.1. The molecule has 1 atom stereocenters. The van der Waals surface area contributed by atoms with Gasteiger partial charge in [0.1, 0.15) is 11.4 Å². The van der Waals surface area contributed by atoms with Gasteiger partial charge < -0.3 is 19.6 Å². The first kappa shape index (κ1) is 18.5. The number of aromatic nitrogens is 1. The molecule has 1 amide bonds. The SMILES string of the molecule is CC[C@H](O)c1ccc(N2CCN(C(=O)OC(C)(C)C)CC2)nc1C. The number of anilines is 1. The molecule has 2 heterocycles. The van der Waals surface area contributed by atoms with Crippen LogP contribution in [0.2, 0.25) is 0 Å². The molecule has 0 unspecified atom stereocenters. The number of ether oxygens (including phenoxy) is 1. The minimum atomic E-state index is -0.469. The van der Waals surface area contributed by atoms with Crippen LogP contribution >= 0.6 is 0 Å². The Balaban J connectivity index is 1.97. The summed E-state index contributed by atoms with van der Waals surface area (Å²) in [6.07, 6.45) is -0.0422. The van der Waals surface area contributed by atoms with Gasteiger partial charge in [0, 0.05) is 37.4 Å². The van der Waals surface area contributed by atoms with Gasteiger partial charge in [0.25, 0.3) is 0 Å². The monoisotopic (exact) mass is 335 g/mol. The van der Waals surface area contributed by atoms with E-state index >= 15 is 0 Å². The van der Waals surface area contributed by atoms with Crippen LogP contribution in [0, 0.1) is 6.92 Å². The van der Waals surface area contributed by atoms with Crippen molar-refractivity contribution in [2.75, 3.05) is 31.1 Å². The lowest BCUT2D eigenvalue weighted by Crippen LogP contribution is -2.50. The Labute approximate surface area is 144 Å². The van der Waals surface area contributed by atoms with Gasteiger partial charge in [0.05, 0.1) is 6.10 Å². The highest BCUT2D eigenvalue weighted by molar-refractivity contribution is 5.68. The van der Waals surface area contributed by atoms with E-state index in [-0.39, 0.29) is 6.09 Å².